The van der Waals surface area contributed by atoms with Crippen molar-refractivity contribution in [2.45, 2.75) is 37.9 Å². The van der Waals surface area contributed by atoms with Crippen molar-refractivity contribution in [3.8, 4) is 0 Å². The van der Waals surface area contributed by atoms with Crippen LogP contribution in [0.25, 0.3) is 0 Å². The minimum atomic E-state index is -1.29. The number of hydrogen-bond acceptors (Lipinski definition) is 7. The molecule has 2 aliphatic rings. The van der Waals surface area contributed by atoms with E-state index in [9.17, 15) is 28.8 Å². The van der Waals surface area contributed by atoms with Crippen LogP contribution in [-0.4, -0.2) is 84.3 Å². The lowest BCUT2D eigenvalue weighted by Crippen LogP contribution is -2.72. The smallest absolute Gasteiger partial charge is 0.331 e. The minimum absolute atomic E-state index is 0.0152. The summed E-state index contributed by atoms with van der Waals surface area (Å²) in [5, 5.41) is 7.26. The average Bonchev–Trinajstić information content (AvgIpc) is 2.85. The van der Waals surface area contributed by atoms with Crippen LogP contribution in [0.1, 0.15) is 31.4 Å². The Balaban J connectivity index is 1.73. The molecule has 3 rings (SSSR count). The number of piperazine rings is 1. The highest BCUT2D eigenvalue weighted by atomic mass is 16.5. The first-order chi connectivity index (χ1) is 16.3. The van der Waals surface area contributed by atoms with Crippen LogP contribution >= 0.6 is 0 Å². The van der Waals surface area contributed by atoms with Gasteiger partial charge in [0.1, 0.15) is 12.1 Å². The highest BCUT2D eigenvalue weighted by molar-refractivity contribution is 6.38. The summed E-state index contributed by atoms with van der Waals surface area (Å²) in [6.07, 6.45) is 1.59. The van der Waals surface area contributed by atoms with Gasteiger partial charge < -0.3 is 25.6 Å². The summed E-state index contributed by atoms with van der Waals surface area (Å²) in [4.78, 5) is 76.7. The number of rotatable bonds is 8. The van der Waals surface area contributed by atoms with Crippen LogP contribution in [0.2, 0.25) is 0 Å². The third-order valence-electron chi connectivity index (χ3n) is 5.66. The summed E-state index contributed by atoms with van der Waals surface area (Å²) in [6, 6.07) is 3.74. The third-order valence-corrected chi connectivity index (χ3v) is 5.66. The molecule has 182 valence electrons. The van der Waals surface area contributed by atoms with Gasteiger partial charge >= 0.3 is 23.8 Å². The van der Waals surface area contributed by atoms with Gasteiger partial charge in [0.25, 0.3) is 0 Å². The number of esters is 1. The molecule has 34 heavy (non-hydrogen) atoms. The second-order valence-electron chi connectivity index (χ2n) is 7.89. The Kier molecular flexibility index (Phi) is 7.82. The normalized spacial score (nSPS) is 20.7. The molecule has 0 spiro atoms. The largest absolute Gasteiger partial charge is 0.467 e. The van der Waals surface area contributed by atoms with Gasteiger partial charge in [-0.3, -0.25) is 24.1 Å². The van der Waals surface area contributed by atoms with Crippen LogP contribution in [0.4, 0.5) is 4.79 Å². The standard InChI is InChI=1S/C22H27N5O7/c1-3-4-10-26-11-12-27(20(31)19(26)30)22(33)25-14(13-8-6-5-7-9-13)17(28)23-15-16(21(32)34-2)24-18(15)29/h5-9,14-16H,3-4,10-12H2,1-2H3,(H,23,28)(H,24,29)(H,25,33)/t14?,15-,16-/m1/s1. The van der Waals surface area contributed by atoms with E-state index in [0.717, 1.165) is 24.9 Å². The topological polar surface area (TPSA) is 154 Å². The van der Waals surface area contributed by atoms with Crippen molar-refractivity contribution < 1.29 is 33.5 Å². The quantitative estimate of drug-likeness (QED) is 0.250. The van der Waals surface area contributed by atoms with Crippen LogP contribution in [-0.2, 0) is 28.7 Å². The first-order valence-electron chi connectivity index (χ1n) is 10.9. The van der Waals surface area contributed by atoms with E-state index in [-0.39, 0.29) is 13.1 Å². The third kappa shape index (κ3) is 5.16. The molecule has 2 heterocycles. The summed E-state index contributed by atoms with van der Waals surface area (Å²) in [5.41, 5.74) is 0.378. The number of β-lactam (4-membered cyclic amide) rings is 1. The van der Waals surface area contributed by atoms with Gasteiger partial charge in [0, 0.05) is 19.6 Å². The Hall–Kier alpha value is -3.96. The van der Waals surface area contributed by atoms with E-state index in [1.807, 2.05) is 6.92 Å². The first-order valence-corrected chi connectivity index (χ1v) is 10.9. The monoisotopic (exact) mass is 473 g/mol. The summed E-state index contributed by atoms with van der Waals surface area (Å²) in [5.74, 6) is -3.83. The fourth-order valence-corrected chi connectivity index (χ4v) is 3.67. The van der Waals surface area contributed by atoms with Crippen LogP contribution in [0, 0.1) is 0 Å². The summed E-state index contributed by atoms with van der Waals surface area (Å²) < 4.78 is 4.60. The molecule has 0 bridgehead atoms. The number of carbonyl (C=O) groups excluding carboxylic acids is 6. The Labute approximate surface area is 196 Å². The van der Waals surface area contributed by atoms with Crippen LogP contribution in [0.3, 0.4) is 0 Å². The van der Waals surface area contributed by atoms with Crippen molar-refractivity contribution in [2.75, 3.05) is 26.7 Å². The Morgan fingerprint density at radius 1 is 1.12 bits per heavy atom. The first kappa shape index (κ1) is 24.7. The number of nitrogens with zero attached hydrogens (tertiary/aromatic N) is 2. The predicted octanol–water partition coefficient (Wildman–Crippen LogP) is -0.936. The van der Waals surface area contributed by atoms with E-state index >= 15 is 0 Å². The maximum absolute atomic E-state index is 13.0. The molecule has 2 fully saturated rings. The van der Waals surface area contributed by atoms with E-state index in [1.54, 1.807) is 30.3 Å². The Morgan fingerprint density at radius 2 is 1.82 bits per heavy atom. The van der Waals surface area contributed by atoms with Crippen molar-refractivity contribution in [1.82, 2.24) is 25.8 Å². The maximum atomic E-state index is 13.0. The van der Waals surface area contributed by atoms with Crippen molar-refractivity contribution in [2.24, 2.45) is 0 Å². The molecule has 1 aromatic carbocycles. The Morgan fingerprint density at radius 3 is 2.44 bits per heavy atom. The number of carbonyl (C=O) groups is 6. The van der Waals surface area contributed by atoms with Gasteiger partial charge in [-0.05, 0) is 12.0 Å². The lowest BCUT2D eigenvalue weighted by molar-refractivity contribution is -0.154. The number of methoxy groups -OCH3 is 1. The second kappa shape index (κ2) is 10.8. The fourth-order valence-electron chi connectivity index (χ4n) is 3.67. The average molecular weight is 473 g/mol. The highest BCUT2D eigenvalue weighted by Gasteiger charge is 2.47. The minimum Gasteiger partial charge on any atom is -0.467 e. The maximum Gasteiger partial charge on any atom is 0.331 e. The lowest BCUT2D eigenvalue weighted by Gasteiger charge is -2.36. The fraction of sp³-hybridized carbons (Fsp3) is 0.455. The molecular weight excluding hydrogens is 446 g/mol. The number of hydrogen-bond donors (Lipinski definition) is 3. The van der Waals surface area contributed by atoms with Crippen LogP contribution in [0.5, 0.6) is 0 Å². The summed E-state index contributed by atoms with van der Waals surface area (Å²) in [6.45, 7) is 2.57. The van der Waals surface area contributed by atoms with E-state index in [1.165, 1.54) is 4.90 Å². The van der Waals surface area contributed by atoms with Gasteiger partial charge in [0.2, 0.25) is 11.8 Å². The molecule has 3 atom stereocenters. The van der Waals surface area contributed by atoms with Crippen LogP contribution < -0.4 is 16.0 Å². The molecule has 0 aromatic heterocycles. The van der Waals surface area contributed by atoms with E-state index in [0.29, 0.717) is 12.1 Å². The predicted molar refractivity (Wildman–Crippen MR) is 117 cm³/mol. The van der Waals surface area contributed by atoms with Gasteiger partial charge in [-0.25, -0.2) is 9.59 Å². The zero-order valence-corrected chi connectivity index (χ0v) is 18.9. The Bertz CT molecular complexity index is 983. The van der Waals surface area contributed by atoms with Gasteiger partial charge in [-0.2, -0.15) is 0 Å². The highest BCUT2D eigenvalue weighted by Crippen LogP contribution is 2.17. The molecule has 0 aliphatic carbocycles. The van der Waals surface area contributed by atoms with Crippen molar-refractivity contribution in [3.05, 3.63) is 35.9 Å². The van der Waals surface area contributed by atoms with Gasteiger partial charge in [-0.1, -0.05) is 43.7 Å². The molecule has 1 aromatic rings. The number of ether oxygens (including phenoxy) is 1. The molecule has 0 radical (unpaired) electrons. The number of unbranched alkanes of at least 4 members (excludes halogenated alkanes) is 1. The molecule has 1 unspecified atom stereocenters. The zero-order valence-electron chi connectivity index (χ0n) is 18.9. The van der Waals surface area contributed by atoms with Crippen LogP contribution in [0.15, 0.2) is 30.3 Å². The van der Waals surface area contributed by atoms with E-state index < -0.39 is 53.8 Å². The molecule has 0 saturated carbocycles. The molecule has 12 nitrogen and oxygen atoms in total. The van der Waals surface area contributed by atoms with Gasteiger partial charge in [0.15, 0.2) is 6.04 Å². The second-order valence-corrected chi connectivity index (χ2v) is 7.89. The number of imide groups is 1. The summed E-state index contributed by atoms with van der Waals surface area (Å²) in [7, 11) is 1.15. The summed E-state index contributed by atoms with van der Waals surface area (Å²) >= 11 is 0. The number of amides is 6. The van der Waals surface area contributed by atoms with Gasteiger partial charge in [-0.15, -0.1) is 0 Å². The molecular formula is C22H27N5O7. The number of urea groups is 1. The molecule has 3 N–H and O–H groups in total. The molecule has 12 heteroatoms. The molecule has 2 saturated heterocycles. The van der Waals surface area contributed by atoms with Crippen molar-refractivity contribution >= 4 is 35.6 Å². The number of benzene rings is 1. The van der Waals surface area contributed by atoms with Crippen molar-refractivity contribution in [1.29, 1.82) is 0 Å². The zero-order chi connectivity index (χ0) is 24.8. The number of nitrogens with one attached hydrogen (secondary N) is 3. The van der Waals surface area contributed by atoms with E-state index in [2.05, 4.69) is 20.7 Å². The SMILES string of the molecule is CCCCN1CCN(C(=O)NC(C(=O)N[C@H]2C(=O)N[C@H]2C(=O)OC)c2ccccc2)C(=O)C1=O. The molecule has 6 amide bonds. The van der Waals surface area contributed by atoms with E-state index in [4.69, 9.17) is 0 Å². The molecule has 2 aliphatic heterocycles. The van der Waals surface area contributed by atoms with Gasteiger partial charge in [0.05, 0.1) is 7.11 Å². The lowest BCUT2D eigenvalue weighted by atomic mass is 9.97. The van der Waals surface area contributed by atoms with Crippen molar-refractivity contribution in [3.63, 3.8) is 0 Å².